The first kappa shape index (κ1) is 17.7. The molecule has 23 heavy (non-hydrogen) atoms. The number of hydrogen-bond acceptors (Lipinski definition) is 8. The van der Waals surface area contributed by atoms with Crippen LogP contribution in [0.2, 0.25) is 0 Å². The highest BCUT2D eigenvalue weighted by Gasteiger charge is 2.47. The summed E-state index contributed by atoms with van der Waals surface area (Å²) in [7, 11) is -2.54. The molecule has 3 aliphatic heterocycles. The van der Waals surface area contributed by atoms with Gasteiger partial charge in [-0.1, -0.05) is 6.92 Å². The van der Waals surface area contributed by atoms with Gasteiger partial charge in [0.25, 0.3) is 0 Å². The van der Waals surface area contributed by atoms with Crippen molar-refractivity contribution in [3.05, 3.63) is 0 Å². The van der Waals surface area contributed by atoms with Gasteiger partial charge in [0.05, 0.1) is 37.8 Å². The Labute approximate surface area is 135 Å². The topological polar surface area (TPSA) is 127 Å². The van der Waals surface area contributed by atoms with Crippen LogP contribution >= 0.6 is 7.82 Å². The number of likely N-dealkylation sites (N-methyl/N-ethyl adjacent to an activating group) is 1. The number of rotatable bonds is 5. The van der Waals surface area contributed by atoms with E-state index in [2.05, 4.69) is 30.7 Å². The summed E-state index contributed by atoms with van der Waals surface area (Å²) in [6.07, 6.45) is 0.722. The fourth-order valence-electron chi connectivity index (χ4n) is 3.58. The van der Waals surface area contributed by atoms with Crippen molar-refractivity contribution < 1.29 is 23.6 Å². The summed E-state index contributed by atoms with van der Waals surface area (Å²) in [5.74, 6) is 0.174. The summed E-state index contributed by atoms with van der Waals surface area (Å²) < 4.78 is 21.5. The van der Waals surface area contributed by atoms with E-state index >= 15 is 0 Å². The zero-order valence-corrected chi connectivity index (χ0v) is 14.2. The molecule has 0 aromatic heterocycles. The molecule has 3 heterocycles. The van der Waals surface area contributed by atoms with Crippen LogP contribution in [0, 0.1) is 5.92 Å². The van der Waals surface area contributed by atoms with E-state index in [0.717, 1.165) is 6.42 Å². The van der Waals surface area contributed by atoms with Crippen LogP contribution in [0.4, 0.5) is 0 Å². The summed E-state index contributed by atoms with van der Waals surface area (Å²) in [6.45, 7) is 3.33. The van der Waals surface area contributed by atoms with Crippen molar-refractivity contribution in [2.75, 3.05) is 27.0 Å². The Kier molecular flexibility index (Phi) is 5.39. The van der Waals surface area contributed by atoms with Gasteiger partial charge in [0.1, 0.15) is 6.23 Å². The molecule has 134 valence electrons. The second-order valence-electron chi connectivity index (χ2n) is 6.33. The Morgan fingerprint density at radius 2 is 2.17 bits per heavy atom. The summed E-state index contributed by atoms with van der Waals surface area (Å²) in [5.41, 5.74) is 0. The summed E-state index contributed by atoms with van der Waals surface area (Å²) >= 11 is 0. The van der Waals surface area contributed by atoms with Crippen LogP contribution in [0.25, 0.3) is 0 Å². The van der Waals surface area contributed by atoms with E-state index in [1.54, 1.807) is 0 Å². The molecule has 0 aromatic rings. The first-order chi connectivity index (χ1) is 10.9. The van der Waals surface area contributed by atoms with E-state index in [1.165, 1.54) is 0 Å². The minimum absolute atomic E-state index is 0.0918. The number of hydrogen-bond donors (Lipinski definition) is 6. The van der Waals surface area contributed by atoms with Crippen LogP contribution in [0.15, 0.2) is 0 Å². The van der Waals surface area contributed by atoms with E-state index in [0.29, 0.717) is 13.3 Å². The van der Waals surface area contributed by atoms with Gasteiger partial charge in [0.15, 0.2) is 0 Å². The minimum Gasteiger partial charge on any atom is -0.357 e. The van der Waals surface area contributed by atoms with Gasteiger partial charge < -0.3 is 19.8 Å². The number of phosphoric ester groups is 1. The third-order valence-corrected chi connectivity index (χ3v) is 5.31. The molecule has 0 radical (unpaired) electrons. The highest BCUT2D eigenvalue weighted by atomic mass is 31.2. The Morgan fingerprint density at radius 3 is 2.87 bits per heavy atom. The van der Waals surface area contributed by atoms with Crippen molar-refractivity contribution in [2.24, 2.45) is 5.92 Å². The second-order valence-corrected chi connectivity index (χ2v) is 7.57. The fraction of sp³-hybridized carbons (Fsp3) is 1.00. The quantitative estimate of drug-likeness (QED) is 0.313. The summed E-state index contributed by atoms with van der Waals surface area (Å²) in [5, 5.41) is 13.5. The van der Waals surface area contributed by atoms with Crippen LogP contribution in [0.3, 0.4) is 0 Å². The predicted molar refractivity (Wildman–Crippen MR) is 81.8 cm³/mol. The van der Waals surface area contributed by atoms with Crippen molar-refractivity contribution >= 4 is 7.82 Å². The molecule has 0 bridgehead atoms. The van der Waals surface area contributed by atoms with Crippen LogP contribution in [-0.4, -0.2) is 72.4 Å². The Bertz CT molecular complexity index is 465. The van der Waals surface area contributed by atoms with Gasteiger partial charge in [0, 0.05) is 6.67 Å². The number of nitrogens with zero attached hydrogens (tertiary/aromatic N) is 1. The van der Waals surface area contributed by atoms with Crippen molar-refractivity contribution in [1.29, 1.82) is 0 Å². The lowest BCUT2D eigenvalue weighted by Gasteiger charge is -2.39. The zero-order valence-electron chi connectivity index (χ0n) is 13.3. The Hall–Kier alpha value is -0.130. The predicted octanol–water partition coefficient (Wildman–Crippen LogP) is -1.90. The SMILES string of the molecule is CNC1NCNC2C1NCN2[C@H]1C[C@H](C)[C@@H](COP(=O)(O)O)O1. The maximum absolute atomic E-state index is 10.9. The van der Waals surface area contributed by atoms with Crippen LogP contribution in [0.1, 0.15) is 13.3 Å². The lowest BCUT2D eigenvalue weighted by molar-refractivity contribution is -0.0838. The van der Waals surface area contributed by atoms with E-state index < -0.39 is 7.82 Å². The molecule has 3 aliphatic rings. The normalized spacial score (nSPS) is 42.1. The van der Waals surface area contributed by atoms with Crippen LogP contribution in [-0.2, 0) is 13.8 Å². The number of ether oxygens (including phenoxy) is 1. The van der Waals surface area contributed by atoms with Crippen molar-refractivity contribution in [3.8, 4) is 0 Å². The molecule has 3 rings (SSSR count). The maximum atomic E-state index is 10.9. The summed E-state index contributed by atoms with van der Waals surface area (Å²) in [4.78, 5) is 19.9. The lowest BCUT2D eigenvalue weighted by atomic mass is 10.0. The van der Waals surface area contributed by atoms with Gasteiger partial charge >= 0.3 is 7.82 Å². The molecule has 0 aliphatic carbocycles. The van der Waals surface area contributed by atoms with E-state index in [9.17, 15) is 4.57 Å². The molecular weight excluding hydrogens is 325 g/mol. The third kappa shape index (κ3) is 3.93. The Morgan fingerprint density at radius 1 is 1.39 bits per heavy atom. The fourth-order valence-corrected chi connectivity index (χ4v) is 3.92. The van der Waals surface area contributed by atoms with Gasteiger partial charge in [-0.25, -0.2) is 9.46 Å². The molecule has 6 N–H and O–H groups in total. The zero-order chi connectivity index (χ0) is 16.6. The molecule has 3 saturated heterocycles. The Balaban J connectivity index is 1.59. The third-order valence-electron chi connectivity index (χ3n) is 4.83. The van der Waals surface area contributed by atoms with Gasteiger partial charge in [-0.15, -0.1) is 0 Å². The van der Waals surface area contributed by atoms with Crippen molar-refractivity contribution in [1.82, 2.24) is 26.2 Å². The summed E-state index contributed by atoms with van der Waals surface area (Å²) in [6, 6.07) is 0.220. The first-order valence-corrected chi connectivity index (χ1v) is 9.41. The lowest BCUT2D eigenvalue weighted by Crippen LogP contribution is -2.68. The van der Waals surface area contributed by atoms with Gasteiger partial charge in [-0.05, 0) is 19.4 Å². The highest BCUT2D eigenvalue weighted by Crippen LogP contribution is 2.38. The standard InChI is InChI=1S/C12H26N5O5P/c1-7-3-9(22-8(7)4-21-23(18,19)20)17-6-16-10-11(13-2)14-5-15-12(10)17/h7-16H,3-6H2,1-2H3,(H2,18,19,20)/t7-,8+,9+,10?,11?,12?/m0/s1. The number of nitrogens with one attached hydrogen (secondary N) is 4. The second kappa shape index (κ2) is 7.01. The molecule has 0 amide bonds. The van der Waals surface area contributed by atoms with Gasteiger partial charge in [-0.2, -0.15) is 0 Å². The molecular formula is C12H26N5O5P. The molecule has 0 saturated carbocycles. The maximum Gasteiger partial charge on any atom is 0.469 e. The molecule has 0 spiro atoms. The average Bonchev–Trinajstić information content (AvgIpc) is 3.07. The van der Waals surface area contributed by atoms with E-state index in [-0.39, 0.29) is 43.2 Å². The van der Waals surface area contributed by atoms with Gasteiger partial charge in [0.2, 0.25) is 0 Å². The molecule has 3 fully saturated rings. The van der Waals surface area contributed by atoms with Crippen molar-refractivity contribution in [2.45, 2.75) is 44.0 Å². The molecule has 3 unspecified atom stereocenters. The molecule has 6 atom stereocenters. The van der Waals surface area contributed by atoms with Crippen LogP contribution in [0.5, 0.6) is 0 Å². The van der Waals surface area contributed by atoms with Crippen LogP contribution < -0.4 is 21.3 Å². The van der Waals surface area contributed by atoms with Gasteiger partial charge in [-0.3, -0.25) is 20.5 Å². The minimum atomic E-state index is -4.46. The number of phosphoric acid groups is 1. The first-order valence-electron chi connectivity index (χ1n) is 7.88. The molecule has 0 aromatic carbocycles. The molecule has 11 heteroatoms. The monoisotopic (exact) mass is 351 g/mol. The smallest absolute Gasteiger partial charge is 0.357 e. The van der Waals surface area contributed by atoms with E-state index in [1.807, 2.05) is 14.0 Å². The molecule has 10 nitrogen and oxygen atoms in total. The number of fused-ring (bicyclic) bond motifs is 1. The van der Waals surface area contributed by atoms with E-state index in [4.69, 9.17) is 14.5 Å². The van der Waals surface area contributed by atoms with Crippen molar-refractivity contribution in [3.63, 3.8) is 0 Å². The highest BCUT2D eigenvalue weighted by molar-refractivity contribution is 7.46. The largest absolute Gasteiger partial charge is 0.469 e. The average molecular weight is 351 g/mol.